The van der Waals surface area contributed by atoms with Crippen molar-refractivity contribution in [1.82, 2.24) is 33.2 Å². The van der Waals surface area contributed by atoms with Gasteiger partial charge in [0, 0.05) is 89.5 Å². The molecule has 0 N–H and O–H groups in total. The van der Waals surface area contributed by atoms with Crippen LogP contribution in [0.15, 0.2) is 304 Å². The van der Waals surface area contributed by atoms with Gasteiger partial charge in [0.05, 0.1) is 83.5 Å². The Kier molecular flexibility index (Phi) is 11.5. The van der Waals surface area contributed by atoms with Crippen LogP contribution in [-0.2, 0) is 0 Å². The van der Waals surface area contributed by atoms with E-state index in [9.17, 15) is 5.26 Å². The minimum atomic E-state index is 0.463. The summed E-state index contributed by atoms with van der Waals surface area (Å²) in [7, 11) is 0. The van der Waals surface area contributed by atoms with Gasteiger partial charge >= 0.3 is 0 Å². The van der Waals surface area contributed by atoms with Crippen molar-refractivity contribution in [2.24, 2.45) is 0 Å². The van der Waals surface area contributed by atoms with Crippen molar-refractivity contribution in [3.8, 4) is 84.7 Å². The molecule has 0 saturated heterocycles. The molecule has 0 aliphatic carbocycles. The van der Waals surface area contributed by atoms with Gasteiger partial charge in [-0.15, -0.1) is 0 Å². The Balaban J connectivity index is 1.05. The van der Waals surface area contributed by atoms with Gasteiger partial charge in [-0.2, -0.15) is 5.26 Å². The second-order valence-corrected chi connectivity index (χ2v) is 22.9. The van der Waals surface area contributed by atoms with Crippen LogP contribution in [0.1, 0.15) is 5.56 Å². The smallest absolute Gasteiger partial charge is 0.102 e. The SMILES string of the molecule is N#Cc1c(-c2ccc(-c3ccccc3)nc2-c2ccccc2)c(-n2c3ccccc3c3ncccc32)c(-c2ccc(-n3c4ccccc4c4ccccc43)cc2)c(-c2ccc(-n3c4ccccc4c4ccccc43)cc2)c1-n1c2ccccc2c2ncccc21. The fraction of sp³-hybridized carbons (Fsp3) is 0. The number of hydrogen-bond acceptors (Lipinski definition) is 4. The Morgan fingerprint density at radius 1 is 0.278 bits per heavy atom. The lowest BCUT2D eigenvalue weighted by Gasteiger charge is -2.28. The number of benzene rings is 11. The molecule has 0 fully saturated rings. The molecule has 0 spiro atoms. The topological polar surface area (TPSA) is 82.2 Å². The number of hydrogen-bond donors (Lipinski definition) is 0. The number of nitrogens with zero attached hydrogens (tertiary/aromatic N) is 8. The Morgan fingerprint density at radius 2 is 0.644 bits per heavy atom. The fourth-order valence-corrected chi connectivity index (χ4v) is 14.4. The summed E-state index contributed by atoms with van der Waals surface area (Å²) in [5.41, 5.74) is 22.4. The highest BCUT2D eigenvalue weighted by Crippen LogP contribution is 2.54. The Bertz CT molecular complexity index is 5750. The summed E-state index contributed by atoms with van der Waals surface area (Å²) in [5.74, 6) is 0. The van der Waals surface area contributed by atoms with Crippen molar-refractivity contribution >= 4 is 87.5 Å². The molecule has 0 amide bonds. The molecule has 0 radical (unpaired) electrons. The average Bonchev–Trinajstić information content (AvgIpc) is 1.31. The van der Waals surface area contributed by atoms with E-state index in [0.29, 0.717) is 16.8 Å². The summed E-state index contributed by atoms with van der Waals surface area (Å²) in [5, 5.41) is 19.6. The van der Waals surface area contributed by atoms with Gasteiger partial charge in [-0.05, 0) is 108 Å². The van der Waals surface area contributed by atoms with Crippen LogP contribution in [0.5, 0.6) is 0 Å². The van der Waals surface area contributed by atoms with Gasteiger partial charge in [0.1, 0.15) is 6.07 Å². The van der Waals surface area contributed by atoms with E-state index in [1.165, 1.54) is 21.5 Å². The molecular weight excluding hydrogens is 1100 g/mol. The molecule has 0 saturated carbocycles. The second-order valence-electron chi connectivity index (χ2n) is 22.9. The first-order chi connectivity index (χ1) is 44.7. The minimum absolute atomic E-state index is 0.463. The highest BCUT2D eigenvalue weighted by Gasteiger charge is 2.34. The first kappa shape index (κ1) is 50.8. The number of pyridine rings is 3. The van der Waals surface area contributed by atoms with Crippen LogP contribution in [0.25, 0.3) is 166 Å². The summed E-state index contributed by atoms with van der Waals surface area (Å²) in [6.45, 7) is 0. The van der Waals surface area contributed by atoms with Gasteiger partial charge in [0.2, 0.25) is 0 Å². The predicted molar refractivity (Wildman–Crippen MR) is 369 cm³/mol. The maximum Gasteiger partial charge on any atom is 0.102 e. The van der Waals surface area contributed by atoms with Crippen LogP contribution in [0.4, 0.5) is 0 Å². The van der Waals surface area contributed by atoms with Crippen molar-refractivity contribution in [1.29, 1.82) is 5.26 Å². The van der Waals surface area contributed by atoms with Crippen molar-refractivity contribution in [3.63, 3.8) is 0 Å². The molecule has 7 aromatic heterocycles. The van der Waals surface area contributed by atoms with Crippen LogP contribution in [0.2, 0.25) is 0 Å². The molecular formula is C82H50N8. The summed E-state index contributed by atoms with van der Waals surface area (Å²) < 4.78 is 9.41. The number of nitriles is 1. The molecule has 8 nitrogen and oxygen atoms in total. The minimum Gasteiger partial charge on any atom is -0.309 e. The molecule has 7 heterocycles. The third kappa shape index (κ3) is 7.63. The van der Waals surface area contributed by atoms with Crippen LogP contribution in [0, 0.1) is 11.3 Å². The molecule has 8 heteroatoms. The summed E-state index contributed by atoms with van der Waals surface area (Å²) in [6, 6.07) is 106. The van der Waals surface area contributed by atoms with Crippen molar-refractivity contribution < 1.29 is 0 Å². The van der Waals surface area contributed by atoms with Gasteiger partial charge in [-0.25, -0.2) is 4.98 Å². The molecule has 0 atom stereocenters. The van der Waals surface area contributed by atoms with E-state index in [4.69, 9.17) is 15.0 Å². The monoisotopic (exact) mass is 1150 g/mol. The lowest BCUT2D eigenvalue weighted by atomic mass is 9.82. The maximum absolute atomic E-state index is 12.9. The van der Waals surface area contributed by atoms with Gasteiger partial charge in [-0.1, -0.05) is 194 Å². The van der Waals surface area contributed by atoms with Crippen molar-refractivity contribution in [2.75, 3.05) is 0 Å². The third-order valence-electron chi connectivity index (χ3n) is 18.1. The molecule has 0 aliphatic rings. The van der Waals surface area contributed by atoms with E-state index >= 15 is 0 Å². The molecule has 11 aromatic carbocycles. The van der Waals surface area contributed by atoms with Crippen LogP contribution in [0.3, 0.4) is 0 Å². The number of para-hydroxylation sites is 6. The van der Waals surface area contributed by atoms with E-state index in [0.717, 1.165) is 133 Å². The first-order valence-electron chi connectivity index (χ1n) is 30.3. The molecule has 418 valence electrons. The van der Waals surface area contributed by atoms with Gasteiger partial charge in [-0.3, -0.25) is 9.97 Å². The lowest BCUT2D eigenvalue weighted by molar-refractivity contribution is 1.13. The molecule has 90 heavy (non-hydrogen) atoms. The molecule has 18 aromatic rings. The highest BCUT2D eigenvalue weighted by molar-refractivity contribution is 6.15. The van der Waals surface area contributed by atoms with E-state index in [1.54, 1.807) is 0 Å². The van der Waals surface area contributed by atoms with Crippen LogP contribution < -0.4 is 0 Å². The Labute approximate surface area is 516 Å². The number of rotatable bonds is 9. The summed E-state index contributed by atoms with van der Waals surface area (Å²) in [6.07, 6.45) is 3.73. The Morgan fingerprint density at radius 3 is 1.09 bits per heavy atom. The summed E-state index contributed by atoms with van der Waals surface area (Å²) in [4.78, 5) is 16.0. The van der Waals surface area contributed by atoms with Crippen LogP contribution in [-0.4, -0.2) is 33.2 Å². The zero-order chi connectivity index (χ0) is 59.4. The predicted octanol–water partition coefficient (Wildman–Crippen LogP) is 20.5. The van der Waals surface area contributed by atoms with Crippen molar-refractivity contribution in [3.05, 3.63) is 309 Å². The molecule has 0 aliphatic heterocycles. The zero-order valence-electron chi connectivity index (χ0n) is 48.4. The van der Waals surface area contributed by atoms with Gasteiger partial charge in [0.25, 0.3) is 0 Å². The lowest BCUT2D eigenvalue weighted by Crippen LogP contribution is -2.11. The van der Waals surface area contributed by atoms with E-state index in [1.807, 2.05) is 36.7 Å². The molecule has 18 rings (SSSR count). The molecule has 0 bridgehead atoms. The first-order valence-corrected chi connectivity index (χ1v) is 30.3. The third-order valence-corrected chi connectivity index (χ3v) is 18.1. The second kappa shape index (κ2) is 20.3. The summed E-state index contributed by atoms with van der Waals surface area (Å²) >= 11 is 0. The number of aromatic nitrogens is 7. The highest BCUT2D eigenvalue weighted by atomic mass is 15.0. The van der Waals surface area contributed by atoms with E-state index in [2.05, 4.69) is 291 Å². The van der Waals surface area contributed by atoms with E-state index < -0.39 is 0 Å². The van der Waals surface area contributed by atoms with Crippen molar-refractivity contribution in [2.45, 2.75) is 0 Å². The van der Waals surface area contributed by atoms with Crippen LogP contribution >= 0.6 is 0 Å². The van der Waals surface area contributed by atoms with Gasteiger partial charge in [0.15, 0.2) is 0 Å². The maximum atomic E-state index is 12.9. The quantitative estimate of drug-likeness (QED) is 0.144. The van der Waals surface area contributed by atoms with Gasteiger partial charge < -0.3 is 18.3 Å². The van der Waals surface area contributed by atoms with E-state index in [-0.39, 0.29) is 0 Å². The standard InChI is InChI=1S/C82H50N8/c83-51-65-77(64-47-48-66(52-21-3-1-4-22-52)86-78(64)55-23-5-2-6-24-55)82(90-72-36-18-12-30-63(72)80-74(90)38-20-50-85-80)76(54-41-45-57(46-42-54)88-69-33-15-9-27-60(69)61-28-10-16-34-70(61)88)75(81(65)89-71-35-17-11-29-62(71)79-73(89)37-19-49-84-79)53-39-43-56(44-40-53)87-67-31-13-7-25-58(67)59-26-8-14-32-68(59)87/h1-50H. The largest absolute Gasteiger partial charge is 0.309 e. The number of fused-ring (bicyclic) bond motifs is 12. The zero-order valence-corrected chi connectivity index (χ0v) is 48.4. The molecule has 0 unspecified atom stereocenters. The fourth-order valence-electron chi connectivity index (χ4n) is 14.4. The Hall–Kier alpha value is -12.4. The normalized spacial score (nSPS) is 11.8. The average molecular weight is 1150 g/mol.